The maximum absolute atomic E-state index is 12.8. The Morgan fingerprint density at radius 2 is 2.14 bits per heavy atom. The number of carbonyl (C=O) groups is 2. The summed E-state index contributed by atoms with van der Waals surface area (Å²) in [7, 11) is 0. The van der Waals surface area contributed by atoms with Gasteiger partial charge in [-0.15, -0.1) is 11.8 Å². The molecule has 2 aliphatic rings. The van der Waals surface area contributed by atoms with Crippen molar-refractivity contribution in [2.75, 3.05) is 18.8 Å². The Morgan fingerprint density at radius 3 is 2.71 bits per heavy atom. The average Bonchev–Trinajstić information content (AvgIpc) is 2.81. The summed E-state index contributed by atoms with van der Waals surface area (Å²) in [4.78, 5) is 27.3. The zero-order valence-corrected chi connectivity index (χ0v) is 13.4. The highest BCUT2D eigenvalue weighted by Crippen LogP contribution is 2.34. The first kappa shape index (κ1) is 16.4. The van der Waals surface area contributed by atoms with Crippen molar-refractivity contribution in [1.82, 2.24) is 9.80 Å². The molecule has 2 N–H and O–H groups in total. The van der Waals surface area contributed by atoms with Gasteiger partial charge in [-0.05, 0) is 26.2 Å². The number of hydrogen-bond acceptors (Lipinski definition) is 4. The molecule has 0 aliphatic carbocycles. The number of aliphatic hydroxyl groups is 1. The smallest absolute Gasteiger partial charge is 0.327 e. The lowest BCUT2D eigenvalue weighted by Gasteiger charge is -2.40. The number of hydrogen-bond donors (Lipinski definition) is 2. The Morgan fingerprint density at radius 1 is 1.43 bits per heavy atom. The molecule has 0 aromatic heterocycles. The summed E-state index contributed by atoms with van der Waals surface area (Å²) in [5.41, 5.74) is -0.875. The number of urea groups is 1. The Kier molecular flexibility index (Phi) is 5.03. The lowest BCUT2D eigenvalue weighted by Crippen LogP contribution is -2.56. The highest BCUT2D eigenvalue weighted by Gasteiger charge is 2.44. The molecular formula is C14H24N2O4S. The molecule has 3 atom stereocenters. The standard InChI is InChI=1S/C14H24N2O4S/c1-3-5-11-16(10(8-21-11)12(17)18)13(19)15-7-4-6-14(2,20)9-15/h10-11,20H,3-9H2,1-2H3,(H,17,18). The van der Waals surface area contributed by atoms with E-state index in [2.05, 4.69) is 0 Å². The van der Waals surface area contributed by atoms with E-state index in [0.29, 0.717) is 18.7 Å². The molecule has 120 valence electrons. The van der Waals surface area contributed by atoms with E-state index in [9.17, 15) is 19.8 Å². The molecule has 0 bridgehead atoms. The van der Waals surface area contributed by atoms with Crippen molar-refractivity contribution in [2.45, 2.75) is 56.5 Å². The Balaban J connectivity index is 2.14. The monoisotopic (exact) mass is 316 g/mol. The molecule has 0 spiro atoms. The predicted octanol–water partition coefficient (Wildman–Crippen LogP) is 1.58. The van der Waals surface area contributed by atoms with Crippen LogP contribution in [0.5, 0.6) is 0 Å². The normalized spacial score (nSPS) is 33.3. The SMILES string of the molecule is CCCC1SCC(C(=O)O)N1C(=O)N1CCCC(C)(O)C1. The summed E-state index contributed by atoms with van der Waals surface area (Å²) < 4.78 is 0. The van der Waals surface area contributed by atoms with Crippen molar-refractivity contribution >= 4 is 23.8 Å². The topological polar surface area (TPSA) is 81.1 Å². The second-order valence-corrected chi connectivity index (χ2v) is 7.35. The van der Waals surface area contributed by atoms with Gasteiger partial charge in [0.05, 0.1) is 17.5 Å². The zero-order chi connectivity index (χ0) is 15.6. The fourth-order valence-electron chi connectivity index (χ4n) is 3.03. The molecule has 2 fully saturated rings. The predicted molar refractivity (Wildman–Crippen MR) is 81.2 cm³/mol. The first-order valence-electron chi connectivity index (χ1n) is 7.50. The van der Waals surface area contributed by atoms with Crippen LogP contribution in [-0.4, -0.2) is 67.9 Å². The van der Waals surface area contributed by atoms with Gasteiger partial charge in [0.2, 0.25) is 0 Å². The second kappa shape index (κ2) is 6.44. The maximum atomic E-state index is 12.8. The maximum Gasteiger partial charge on any atom is 0.327 e. The molecule has 2 aliphatic heterocycles. The van der Waals surface area contributed by atoms with Gasteiger partial charge in [0.1, 0.15) is 6.04 Å². The quantitative estimate of drug-likeness (QED) is 0.826. The van der Waals surface area contributed by atoms with Gasteiger partial charge in [-0.1, -0.05) is 13.3 Å². The summed E-state index contributed by atoms with van der Waals surface area (Å²) in [5, 5.41) is 19.4. The minimum Gasteiger partial charge on any atom is -0.480 e. The molecule has 2 amide bonds. The van der Waals surface area contributed by atoms with E-state index < -0.39 is 17.6 Å². The summed E-state index contributed by atoms with van der Waals surface area (Å²) in [5.74, 6) is -0.506. The summed E-state index contributed by atoms with van der Waals surface area (Å²) in [6.07, 6.45) is 3.12. The highest BCUT2D eigenvalue weighted by atomic mass is 32.2. The van der Waals surface area contributed by atoms with Crippen LogP contribution in [0, 0.1) is 0 Å². The molecule has 0 aromatic rings. The summed E-state index contributed by atoms with van der Waals surface area (Å²) in [6, 6.07) is -1.00. The number of aliphatic carboxylic acids is 1. The third kappa shape index (κ3) is 3.63. The van der Waals surface area contributed by atoms with Gasteiger partial charge < -0.3 is 15.1 Å². The van der Waals surface area contributed by atoms with Crippen LogP contribution in [0.25, 0.3) is 0 Å². The molecule has 6 nitrogen and oxygen atoms in total. The lowest BCUT2D eigenvalue weighted by molar-refractivity contribution is -0.141. The van der Waals surface area contributed by atoms with E-state index in [1.807, 2.05) is 6.92 Å². The number of likely N-dealkylation sites (tertiary alicyclic amines) is 1. The van der Waals surface area contributed by atoms with E-state index in [1.165, 1.54) is 16.7 Å². The molecule has 0 aromatic carbocycles. The molecular weight excluding hydrogens is 292 g/mol. The molecule has 21 heavy (non-hydrogen) atoms. The minimum atomic E-state index is -0.946. The average molecular weight is 316 g/mol. The number of nitrogens with zero attached hydrogens (tertiary/aromatic N) is 2. The minimum absolute atomic E-state index is 0.0736. The Hall–Kier alpha value is -0.950. The largest absolute Gasteiger partial charge is 0.480 e. The fourth-order valence-corrected chi connectivity index (χ4v) is 4.53. The second-order valence-electron chi connectivity index (χ2n) is 6.14. The van der Waals surface area contributed by atoms with Gasteiger partial charge in [0, 0.05) is 12.3 Å². The first-order valence-corrected chi connectivity index (χ1v) is 8.54. The van der Waals surface area contributed by atoms with E-state index in [0.717, 1.165) is 19.3 Å². The van der Waals surface area contributed by atoms with Crippen molar-refractivity contribution in [1.29, 1.82) is 0 Å². The Bertz CT molecular complexity index is 416. The highest BCUT2D eigenvalue weighted by molar-refractivity contribution is 8.00. The van der Waals surface area contributed by atoms with Gasteiger partial charge in [-0.2, -0.15) is 0 Å². The number of thioether (sulfide) groups is 1. The van der Waals surface area contributed by atoms with Crippen LogP contribution < -0.4 is 0 Å². The fraction of sp³-hybridized carbons (Fsp3) is 0.857. The third-order valence-electron chi connectivity index (χ3n) is 4.08. The van der Waals surface area contributed by atoms with Crippen LogP contribution in [-0.2, 0) is 4.79 Å². The number of rotatable bonds is 3. The first-order chi connectivity index (χ1) is 9.85. The van der Waals surface area contributed by atoms with Crippen LogP contribution >= 0.6 is 11.8 Å². The van der Waals surface area contributed by atoms with Crippen molar-refractivity contribution < 1.29 is 19.8 Å². The third-order valence-corrected chi connectivity index (χ3v) is 5.44. The molecule has 0 radical (unpaired) electrons. The number of piperidine rings is 1. The molecule has 2 saturated heterocycles. The van der Waals surface area contributed by atoms with E-state index in [1.54, 1.807) is 11.8 Å². The molecule has 0 saturated carbocycles. The number of carboxylic acids is 1. The van der Waals surface area contributed by atoms with Crippen LogP contribution in [0.1, 0.15) is 39.5 Å². The van der Waals surface area contributed by atoms with Gasteiger partial charge >= 0.3 is 12.0 Å². The molecule has 2 rings (SSSR count). The van der Waals surface area contributed by atoms with Crippen molar-refractivity contribution in [3.63, 3.8) is 0 Å². The number of amides is 2. The van der Waals surface area contributed by atoms with E-state index >= 15 is 0 Å². The van der Waals surface area contributed by atoms with Crippen molar-refractivity contribution in [2.24, 2.45) is 0 Å². The van der Waals surface area contributed by atoms with Crippen LogP contribution in [0.4, 0.5) is 4.79 Å². The van der Waals surface area contributed by atoms with Crippen LogP contribution in [0.3, 0.4) is 0 Å². The van der Waals surface area contributed by atoms with Crippen molar-refractivity contribution in [3.8, 4) is 0 Å². The summed E-state index contributed by atoms with van der Waals surface area (Å²) in [6.45, 7) is 4.62. The lowest BCUT2D eigenvalue weighted by atomic mass is 9.95. The van der Waals surface area contributed by atoms with E-state index in [-0.39, 0.29) is 17.9 Å². The molecule has 3 unspecified atom stereocenters. The van der Waals surface area contributed by atoms with Gasteiger partial charge in [0.25, 0.3) is 0 Å². The summed E-state index contributed by atoms with van der Waals surface area (Å²) >= 11 is 1.54. The van der Waals surface area contributed by atoms with Gasteiger partial charge in [0.15, 0.2) is 0 Å². The number of carbonyl (C=O) groups excluding carboxylic acids is 1. The number of β-amino-alcohol motifs (C(OH)–C–C–N with tert-alkyl or cyclic N) is 1. The van der Waals surface area contributed by atoms with Gasteiger partial charge in [-0.25, -0.2) is 9.59 Å². The van der Waals surface area contributed by atoms with Crippen molar-refractivity contribution in [3.05, 3.63) is 0 Å². The molecule has 2 heterocycles. The number of carboxylic acid groups (broad SMARTS) is 1. The van der Waals surface area contributed by atoms with E-state index in [4.69, 9.17) is 0 Å². The van der Waals surface area contributed by atoms with Crippen LogP contribution in [0.15, 0.2) is 0 Å². The van der Waals surface area contributed by atoms with Crippen LogP contribution in [0.2, 0.25) is 0 Å². The molecule has 7 heteroatoms. The Labute approximate surface area is 129 Å². The van der Waals surface area contributed by atoms with Gasteiger partial charge in [-0.3, -0.25) is 4.90 Å². The zero-order valence-electron chi connectivity index (χ0n) is 12.6.